The van der Waals surface area contributed by atoms with Crippen molar-refractivity contribution in [1.29, 1.82) is 0 Å². The van der Waals surface area contributed by atoms with E-state index in [1.165, 1.54) is 0 Å². The van der Waals surface area contributed by atoms with Crippen LogP contribution in [0.15, 0.2) is 12.2 Å². The first-order valence-electron chi connectivity index (χ1n) is 4.17. The molecule has 0 radical (unpaired) electrons. The largest absolute Gasteiger partial charge is 0.465 e. The van der Waals surface area contributed by atoms with Gasteiger partial charge < -0.3 is 4.74 Å². The summed E-state index contributed by atoms with van der Waals surface area (Å²) in [7, 11) is 0. The van der Waals surface area contributed by atoms with Gasteiger partial charge in [-0.05, 0) is 12.2 Å². The van der Waals surface area contributed by atoms with Crippen molar-refractivity contribution in [2.45, 2.75) is 19.3 Å². The topological polar surface area (TPSA) is 26.3 Å². The monoisotopic (exact) mass is 174 g/mol. The molecule has 1 aliphatic heterocycles. The van der Waals surface area contributed by atoms with E-state index in [1.807, 2.05) is 0 Å². The molecule has 0 aliphatic carbocycles. The van der Waals surface area contributed by atoms with Crippen molar-refractivity contribution in [3.8, 4) is 23.7 Å². The first-order valence-corrected chi connectivity index (χ1v) is 4.17. The molecule has 0 aromatic carbocycles. The average molecular weight is 174 g/mol. The highest BCUT2D eigenvalue weighted by molar-refractivity contribution is 5.69. The third kappa shape index (κ3) is 4.71. The SMILES string of the molecule is O=C1CCC#C/C=C\C#CCCO1. The second-order valence-electron chi connectivity index (χ2n) is 2.45. The lowest BCUT2D eigenvalue weighted by molar-refractivity contribution is -0.143. The van der Waals surface area contributed by atoms with Crippen LogP contribution in [0.25, 0.3) is 0 Å². The van der Waals surface area contributed by atoms with Gasteiger partial charge in [-0.15, -0.1) is 0 Å². The Bertz CT molecular complexity index is 317. The van der Waals surface area contributed by atoms with Gasteiger partial charge in [-0.25, -0.2) is 0 Å². The molecule has 0 unspecified atom stereocenters. The van der Waals surface area contributed by atoms with Crippen LogP contribution in [-0.2, 0) is 9.53 Å². The van der Waals surface area contributed by atoms with Crippen LogP contribution in [0.4, 0.5) is 0 Å². The lowest BCUT2D eigenvalue weighted by atomic mass is 10.3. The molecular formula is C11H10O2. The van der Waals surface area contributed by atoms with Crippen LogP contribution in [0.1, 0.15) is 19.3 Å². The average Bonchev–Trinajstić information content (AvgIpc) is 2.11. The number of hydrogen-bond donors (Lipinski definition) is 0. The molecule has 0 fully saturated rings. The number of carbonyl (C=O) groups excluding carboxylic acids is 1. The van der Waals surface area contributed by atoms with E-state index in [1.54, 1.807) is 12.2 Å². The van der Waals surface area contributed by atoms with Crippen LogP contribution in [0.3, 0.4) is 0 Å². The number of allylic oxidation sites excluding steroid dienone is 2. The molecule has 13 heavy (non-hydrogen) atoms. The van der Waals surface area contributed by atoms with Gasteiger partial charge in [0, 0.05) is 12.8 Å². The summed E-state index contributed by atoms with van der Waals surface area (Å²) in [4.78, 5) is 10.9. The van der Waals surface area contributed by atoms with E-state index >= 15 is 0 Å². The molecule has 1 aliphatic rings. The first-order chi connectivity index (χ1) is 6.39. The minimum atomic E-state index is -0.194. The van der Waals surface area contributed by atoms with E-state index < -0.39 is 0 Å². The van der Waals surface area contributed by atoms with Gasteiger partial charge in [0.1, 0.15) is 6.61 Å². The number of hydrogen-bond acceptors (Lipinski definition) is 2. The summed E-state index contributed by atoms with van der Waals surface area (Å²) < 4.78 is 4.88. The summed E-state index contributed by atoms with van der Waals surface area (Å²) in [6.45, 7) is 0.382. The smallest absolute Gasteiger partial charge is 0.306 e. The molecule has 2 heteroatoms. The molecule has 1 rings (SSSR count). The third-order valence-corrected chi connectivity index (χ3v) is 1.40. The van der Waals surface area contributed by atoms with Gasteiger partial charge in [0.25, 0.3) is 0 Å². The molecule has 2 nitrogen and oxygen atoms in total. The van der Waals surface area contributed by atoms with Crippen LogP contribution in [0.5, 0.6) is 0 Å². The highest BCUT2D eigenvalue weighted by Gasteiger charge is 1.99. The van der Waals surface area contributed by atoms with E-state index in [9.17, 15) is 4.79 Å². The molecule has 1 heterocycles. The van der Waals surface area contributed by atoms with Gasteiger partial charge in [-0.1, -0.05) is 23.7 Å². The fourth-order valence-corrected chi connectivity index (χ4v) is 0.798. The number of carbonyl (C=O) groups is 1. The van der Waals surface area contributed by atoms with Crippen LogP contribution in [-0.4, -0.2) is 12.6 Å². The standard InChI is InChI=1S/C11H10O2/c12-11-9-7-5-3-1-2-4-6-8-10-13-11/h1-2H,7-10H2/b2-1-. The van der Waals surface area contributed by atoms with E-state index in [2.05, 4.69) is 23.7 Å². The Labute approximate surface area is 78.0 Å². The van der Waals surface area contributed by atoms with Gasteiger partial charge in [0.05, 0.1) is 6.42 Å². The molecule has 0 amide bonds. The molecule has 0 spiro atoms. The second-order valence-corrected chi connectivity index (χ2v) is 2.45. The molecule has 0 aromatic heterocycles. The molecule has 0 saturated heterocycles. The van der Waals surface area contributed by atoms with E-state index in [4.69, 9.17) is 4.74 Å². The quantitative estimate of drug-likeness (QED) is 0.408. The van der Waals surface area contributed by atoms with Crippen molar-refractivity contribution in [1.82, 2.24) is 0 Å². The highest BCUT2D eigenvalue weighted by Crippen LogP contribution is 1.93. The van der Waals surface area contributed by atoms with Crippen molar-refractivity contribution in [3.05, 3.63) is 12.2 Å². The number of esters is 1. The van der Waals surface area contributed by atoms with Crippen molar-refractivity contribution in [3.63, 3.8) is 0 Å². The second kappa shape index (κ2) is 5.91. The lowest BCUT2D eigenvalue weighted by Crippen LogP contribution is -2.04. The Morgan fingerprint density at radius 3 is 2.62 bits per heavy atom. The van der Waals surface area contributed by atoms with Gasteiger partial charge in [-0.2, -0.15) is 0 Å². The molecule has 0 atom stereocenters. The van der Waals surface area contributed by atoms with Gasteiger partial charge >= 0.3 is 5.97 Å². The van der Waals surface area contributed by atoms with Crippen LogP contribution in [0.2, 0.25) is 0 Å². The normalized spacial score (nSPS) is 18.9. The Balaban J connectivity index is 2.53. The number of cyclic esters (lactones) is 1. The van der Waals surface area contributed by atoms with Crippen LogP contribution >= 0.6 is 0 Å². The van der Waals surface area contributed by atoms with Crippen LogP contribution < -0.4 is 0 Å². The summed E-state index contributed by atoms with van der Waals surface area (Å²) in [6, 6.07) is 0. The van der Waals surface area contributed by atoms with Crippen molar-refractivity contribution < 1.29 is 9.53 Å². The van der Waals surface area contributed by atoms with Gasteiger partial charge in [-0.3, -0.25) is 4.79 Å². The fraction of sp³-hybridized carbons (Fsp3) is 0.364. The van der Waals surface area contributed by atoms with E-state index in [-0.39, 0.29) is 5.97 Å². The van der Waals surface area contributed by atoms with Gasteiger partial charge in [0.2, 0.25) is 0 Å². The first kappa shape index (κ1) is 9.42. The molecule has 0 bridgehead atoms. The Hall–Kier alpha value is -1.67. The predicted octanol–water partition coefficient (Wildman–Crippen LogP) is 1.28. The number of ether oxygens (including phenoxy) is 1. The summed E-state index contributed by atoms with van der Waals surface area (Å²) in [5.41, 5.74) is 0. The maximum atomic E-state index is 10.9. The maximum absolute atomic E-state index is 10.9. The van der Waals surface area contributed by atoms with Crippen LogP contribution in [0, 0.1) is 23.7 Å². The Morgan fingerprint density at radius 2 is 1.85 bits per heavy atom. The fourth-order valence-electron chi connectivity index (χ4n) is 0.798. The summed E-state index contributed by atoms with van der Waals surface area (Å²) in [6.07, 6.45) is 4.91. The molecular weight excluding hydrogens is 164 g/mol. The van der Waals surface area contributed by atoms with Crippen molar-refractivity contribution >= 4 is 5.97 Å². The predicted molar refractivity (Wildman–Crippen MR) is 49.5 cm³/mol. The zero-order valence-electron chi connectivity index (χ0n) is 7.30. The Morgan fingerprint density at radius 1 is 1.15 bits per heavy atom. The zero-order chi connectivity index (χ0) is 9.36. The molecule has 0 N–H and O–H groups in total. The van der Waals surface area contributed by atoms with E-state index in [0.29, 0.717) is 25.9 Å². The van der Waals surface area contributed by atoms with E-state index in [0.717, 1.165) is 0 Å². The zero-order valence-corrected chi connectivity index (χ0v) is 7.30. The summed E-state index contributed by atoms with van der Waals surface area (Å²) >= 11 is 0. The molecule has 0 saturated carbocycles. The van der Waals surface area contributed by atoms with Crippen molar-refractivity contribution in [2.75, 3.05) is 6.61 Å². The molecule has 0 aromatic rings. The van der Waals surface area contributed by atoms with Crippen molar-refractivity contribution in [2.24, 2.45) is 0 Å². The summed E-state index contributed by atoms with van der Waals surface area (Å²) in [5, 5.41) is 0. The highest BCUT2D eigenvalue weighted by atomic mass is 16.5. The third-order valence-electron chi connectivity index (χ3n) is 1.40. The minimum absolute atomic E-state index is 0.194. The Kier molecular flexibility index (Phi) is 4.29. The van der Waals surface area contributed by atoms with Gasteiger partial charge in [0.15, 0.2) is 0 Å². The lowest BCUT2D eigenvalue weighted by Gasteiger charge is -1.99. The maximum Gasteiger partial charge on any atom is 0.306 e. The summed E-state index contributed by atoms with van der Waals surface area (Å²) in [5.74, 6) is 11.1. The minimum Gasteiger partial charge on any atom is -0.465 e. The number of rotatable bonds is 0. The molecule has 66 valence electrons.